The quantitative estimate of drug-likeness (QED) is 0.200. The second kappa shape index (κ2) is 12.9. The number of ether oxygens (including phenoxy) is 7. The van der Waals surface area contributed by atoms with Crippen molar-refractivity contribution >= 4 is 12.2 Å². The highest BCUT2D eigenvalue weighted by molar-refractivity contribution is 5.72. The molecule has 15 atom stereocenters. The van der Waals surface area contributed by atoms with Gasteiger partial charge in [-0.1, -0.05) is 54.7 Å². The topological polar surface area (TPSA) is 131 Å². The zero-order chi connectivity index (χ0) is 32.1. The molecule has 7 heterocycles. The van der Waals surface area contributed by atoms with Gasteiger partial charge in [0.15, 0.2) is 0 Å². The first-order valence-electron chi connectivity index (χ1n) is 16.5. The van der Waals surface area contributed by atoms with E-state index in [9.17, 15) is 14.7 Å². The number of carbonyl (C=O) groups is 2. The SMILES string of the molecule is CC(=O)NC[C@@H]1O[C@@H]2C[C@]3(C)O[C@@H]4C=C[C@@H]5O[C@@H]6C=C[C@@H]7O[C@H](/C=C\C=C\C=O)C=C[C@H]7O[C@H]6C[C@H]5O[C@@]4(C)C[C@H]3O[C@H]2C[C@H]1O. The number of hydrogen-bond acceptors (Lipinski definition) is 10. The van der Waals surface area contributed by atoms with E-state index in [4.69, 9.17) is 33.2 Å². The van der Waals surface area contributed by atoms with E-state index in [0.717, 1.165) is 6.29 Å². The lowest BCUT2D eigenvalue weighted by atomic mass is 9.75. The summed E-state index contributed by atoms with van der Waals surface area (Å²) in [6.07, 6.45) is 18.0. The molecule has 0 unspecified atom stereocenters. The fourth-order valence-electron chi connectivity index (χ4n) is 7.95. The Hall–Kier alpha value is -2.48. The Kier molecular flexibility index (Phi) is 8.96. The van der Waals surface area contributed by atoms with Crippen molar-refractivity contribution in [1.29, 1.82) is 0 Å². The molecule has 250 valence electrons. The van der Waals surface area contributed by atoms with Gasteiger partial charge in [0.05, 0.1) is 53.9 Å². The van der Waals surface area contributed by atoms with Crippen molar-refractivity contribution in [1.82, 2.24) is 5.32 Å². The van der Waals surface area contributed by atoms with Crippen LogP contribution in [0.25, 0.3) is 0 Å². The van der Waals surface area contributed by atoms with Crippen LogP contribution in [0, 0.1) is 0 Å². The molecule has 4 fully saturated rings. The summed E-state index contributed by atoms with van der Waals surface area (Å²) in [5, 5.41) is 13.5. The third-order valence-electron chi connectivity index (χ3n) is 10.4. The zero-order valence-corrected chi connectivity index (χ0v) is 26.5. The highest BCUT2D eigenvalue weighted by Gasteiger charge is 2.60. The molecule has 11 heteroatoms. The maximum Gasteiger partial charge on any atom is 0.216 e. The van der Waals surface area contributed by atoms with Crippen molar-refractivity contribution < 1.29 is 47.9 Å². The number of aliphatic hydroxyl groups is 1. The Morgan fingerprint density at radius 2 is 1.54 bits per heavy atom. The van der Waals surface area contributed by atoms with Crippen LogP contribution < -0.4 is 5.32 Å². The van der Waals surface area contributed by atoms with Crippen molar-refractivity contribution in [3.63, 3.8) is 0 Å². The first-order valence-corrected chi connectivity index (χ1v) is 16.5. The lowest BCUT2D eigenvalue weighted by Gasteiger charge is -2.58. The summed E-state index contributed by atoms with van der Waals surface area (Å²) in [4.78, 5) is 22.0. The largest absolute Gasteiger partial charge is 0.390 e. The predicted octanol–water partition coefficient (Wildman–Crippen LogP) is 2.18. The minimum Gasteiger partial charge on any atom is -0.390 e. The van der Waals surface area contributed by atoms with Crippen LogP contribution in [0.15, 0.2) is 60.8 Å². The first-order chi connectivity index (χ1) is 22.1. The van der Waals surface area contributed by atoms with Gasteiger partial charge in [-0.05, 0) is 19.9 Å². The number of carbonyl (C=O) groups excluding carboxylic acids is 2. The van der Waals surface area contributed by atoms with Crippen molar-refractivity contribution in [2.75, 3.05) is 6.54 Å². The van der Waals surface area contributed by atoms with Crippen LogP contribution in [-0.4, -0.2) is 114 Å². The molecule has 0 spiro atoms. The molecule has 4 saturated heterocycles. The maximum atomic E-state index is 11.5. The van der Waals surface area contributed by atoms with Gasteiger partial charge in [0.25, 0.3) is 0 Å². The van der Waals surface area contributed by atoms with Crippen LogP contribution in [0.4, 0.5) is 0 Å². The molecule has 0 aromatic carbocycles. The molecule has 0 radical (unpaired) electrons. The summed E-state index contributed by atoms with van der Waals surface area (Å²) in [7, 11) is 0. The molecule has 11 nitrogen and oxygen atoms in total. The summed E-state index contributed by atoms with van der Waals surface area (Å²) in [5.74, 6) is -0.158. The molecule has 7 aliphatic heterocycles. The summed E-state index contributed by atoms with van der Waals surface area (Å²) < 4.78 is 46.1. The van der Waals surface area contributed by atoms with Crippen LogP contribution in [0.1, 0.15) is 46.5 Å². The molecule has 0 aromatic rings. The van der Waals surface area contributed by atoms with Gasteiger partial charge in [0.1, 0.15) is 42.9 Å². The maximum absolute atomic E-state index is 11.5. The zero-order valence-electron chi connectivity index (χ0n) is 26.5. The number of rotatable bonds is 5. The Bertz CT molecular complexity index is 1310. The van der Waals surface area contributed by atoms with Gasteiger partial charge < -0.3 is 43.6 Å². The number of hydrogen-bond donors (Lipinski definition) is 2. The molecule has 7 rings (SSSR count). The van der Waals surface area contributed by atoms with E-state index < -0.39 is 23.4 Å². The number of aldehydes is 1. The van der Waals surface area contributed by atoms with Crippen molar-refractivity contribution in [3.8, 4) is 0 Å². The molecule has 46 heavy (non-hydrogen) atoms. The monoisotopic (exact) mass is 639 g/mol. The van der Waals surface area contributed by atoms with Crippen LogP contribution in [0.5, 0.6) is 0 Å². The summed E-state index contributed by atoms with van der Waals surface area (Å²) in [6.45, 7) is 5.86. The van der Waals surface area contributed by atoms with Crippen LogP contribution in [0.2, 0.25) is 0 Å². The van der Waals surface area contributed by atoms with Gasteiger partial charge in [-0.25, -0.2) is 0 Å². The second-order valence-electron chi connectivity index (χ2n) is 13.9. The fourth-order valence-corrected chi connectivity index (χ4v) is 7.95. The Morgan fingerprint density at radius 3 is 2.37 bits per heavy atom. The summed E-state index contributed by atoms with van der Waals surface area (Å²) in [6, 6.07) is 0. The Labute approximate surface area is 269 Å². The Morgan fingerprint density at radius 1 is 0.783 bits per heavy atom. The average Bonchev–Trinajstić information content (AvgIpc) is 3.27. The van der Waals surface area contributed by atoms with Crippen LogP contribution >= 0.6 is 0 Å². The number of amides is 1. The van der Waals surface area contributed by atoms with Crippen molar-refractivity contribution in [2.24, 2.45) is 0 Å². The molecule has 0 saturated carbocycles. The van der Waals surface area contributed by atoms with E-state index in [-0.39, 0.29) is 79.6 Å². The lowest BCUT2D eigenvalue weighted by Crippen LogP contribution is -2.68. The van der Waals surface area contributed by atoms with E-state index in [1.165, 1.54) is 13.0 Å². The minimum atomic E-state index is -0.735. The summed E-state index contributed by atoms with van der Waals surface area (Å²) >= 11 is 0. The molecule has 0 aromatic heterocycles. The summed E-state index contributed by atoms with van der Waals surface area (Å²) in [5.41, 5.74) is -1.28. The normalized spacial score (nSPS) is 49.4. The fraction of sp³-hybridized carbons (Fsp3) is 0.657. The molecule has 1 amide bonds. The number of aliphatic hydroxyl groups excluding tert-OH is 1. The van der Waals surface area contributed by atoms with Gasteiger partial charge in [-0.3, -0.25) is 9.59 Å². The van der Waals surface area contributed by atoms with Gasteiger partial charge >= 0.3 is 0 Å². The highest BCUT2D eigenvalue weighted by atomic mass is 16.6. The average molecular weight is 640 g/mol. The van der Waals surface area contributed by atoms with Gasteiger partial charge in [0, 0.05) is 39.2 Å². The van der Waals surface area contributed by atoms with Crippen LogP contribution in [0.3, 0.4) is 0 Å². The van der Waals surface area contributed by atoms with E-state index in [2.05, 4.69) is 31.3 Å². The van der Waals surface area contributed by atoms with Crippen molar-refractivity contribution in [3.05, 3.63) is 60.8 Å². The van der Waals surface area contributed by atoms with Crippen molar-refractivity contribution in [2.45, 2.75) is 137 Å². The van der Waals surface area contributed by atoms with E-state index >= 15 is 0 Å². The van der Waals surface area contributed by atoms with Gasteiger partial charge in [0.2, 0.25) is 5.91 Å². The minimum absolute atomic E-state index is 0.158. The number of fused-ring (bicyclic) bond motifs is 6. The second-order valence-corrected chi connectivity index (χ2v) is 13.9. The third-order valence-corrected chi connectivity index (χ3v) is 10.4. The first kappa shape index (κ1) is 32.1. The van der Waals surface area contributed by atoms with Crippen LogP contribution in [-0.2, 0) is 42.7 Å². The number of allylic oxidation sites excluding steroid dienone is 3. The lowest BCUT2D eigenvalue weighted by molar-refractivity contribution is -0.332. The van der Waals surface area contributed by atoms with Gasteiger partial charge in [-0.2, -0.15) is 0 Å². The van der Waals surface area contributed by atoms with E-state index in [1.807, 2.05) is 30.4 Å². The third kappa shape index (κ3) is 6.36. The smallest absolute Gasteiger partial charge is 0.216 e. The molecular formula is C35H45NO10. The molecular weight excluding hydrogens is 594 g/mol. The standard InChI is InChI=1S/C35H45NO10/c1-20(38)36-19-31-22(39)15-27-30(43-31)17-34(2)33(44-27)18-35(3)32(46-34)13-12-26-29(45-35)16-28-25(41-26)11-10-23-24(42-28)9-8-21(40-23)7-5-4-6-14-37/h4-14,21-33,39H,15-19H2,1-3H3,(H,36,38)/b6-4+,7-5-/t21-,22-,23+,24-,25-,26+,27+,28+,29-,30-,31+,32-,33-,34+,35+/m1/s1. The van der Waals surface area contributed by atoms with E-state index in [1.54, 1.807) is 12.2 Å². The Balaban J connectivity index is 1.03. The van der Waals surface area contributed by atoms with Gasteiger partial charge in [-0.15, -0.1) is 0 Å². The predicted molar refractivity (Wildman–Crippen MR) is 165 cm³/mol. The molecule has 2 N–H and O–H groups in total. The number of nitrogens with one attached hydrogen (secondary N) is 1. The highest BCUT2D eigenvalue weighted by Crippen LogP contribution is 2.49. The molecule has 7 aliphatic rings. The van der Waals surface area contributed by atoms with E-state index in [0.29, 0.717) is 25.7 Å². The molecule has 0 aliphatic carbocycles. The molecule has 0 bridgehead atoms.